The number of nitrogens with zero attached hydrogens (tertiary/aromatic N) is 3. The van der Waals surface area contributed by atoms with Gasteiger partial charge in [-0.05, 0) is 29.8 Å². The molecule has 2 aromatic carbocycles. The third-order valence-electron chi connectivity index (χ3n) is 5.39. The molecule has 0 aliphatic carbocycles. The highest BCUT2D eigenvalue weighted by Crippen LogP contribution is 2.43. The molecule has 3 rings (SSSR count). The van der Waals surface area contributed by atoms with Crippen LogP contribution in [0.2, 0.25) is 0 Å². The summed E-state index contributed by atoms with van der Waals surface area (Å²) in [7, 11) is 2.85. The number of urea groups is 1. The molecule has 1 unspecified atom stereocenters. The van der Waals surface area contributed by atoms with Gasteiger partial charge >= 0.3 is 12.2 Å². The molecule has 0 N–H and O–H groups in total. The van der Waals surface area contributed by atoms with E-state index in [2.05, 4.69) is 11.4 Å². The number of methoxy groups -OCH3 is 1. The van der Waals surface area contributed by atoms with Crippen molar-refractivity contribution in [3.8, 4) is 5.75 Å². The maximum Gasteiger partial charge on any atom is 0.407 e. The molecule has 2 aromatic rings. The molecule has 33 heavy (non-hydrogen) atoms. The molecule has 1 aliphatic rings. The number of hydrogen-bond donors (Lipinski definition) is 0. The lowest BCUT2D eigenvalue weighted by atomic mass is 9.89. The van der Waals surface area contributed by atoms with Crippen LogP contribution >= 0.6 is 0 Å². The Morgan fingerprint density at radius 3 is 2.39 bits per heavy atom. The molecule has 1 saturated heterocycles. The van der Waals surface area contributed by atoms with E-state index >= 15 is 0 Å². The number of imide groups is 1. The molecular formula is C23H20F3N3O4. The van der Waals surface area contributed by atoms with Gasteiger partial charge < -0.3 is 14.4 Å². The molecule has 10 heteroatoms. The van der Waals surface area contributed by atoms with Crippen molar-refractivity contribution in [1.82, 2.24) is 4.90 Å². The summed E-state index contributed by atoms with van der Waals surface area (Å²) >= 11 is 0. The molecule has 7 nitrogen and oxygen atoms in total. The van der Waals surface area contributed by atoms with Crippen molar-refractivity contribution in [1.29, 1.82) is 0 Å². The number of amides is 3. The zero-order valence-corrected chi connectivity index (χ0v) is 17.8. The van der Waals surface area contributed by atoms with E-state index in [4.69, 9.17) is 16.0 Å². The topological polar surface area (TPSA) is 63.4 Å². The smallest absolute Gasteiger partial charge is 0.407 e. The second-order valence-electron chi connectivity index (χ2n) is 7.19. The normalized spacial score (nSPS) is 18.4. The number of ether oxygens (including phenoxy) is 2. The number of alkyl halides is 3. The molecule has 0 spiro atoms. The van der Waals surface area contributed by atoms with Gasteiger partial charge in [0.05, 0.1) is 38.1 Å². The van der Waals surface area contributed by atoms with E-state index in [0.29, 0.717) is 22.3 Å². The predicted octanol–water partition coefficient (Wildman–Crippen LogP) is 4.76. The van der Waals surface area contributed by atoms with Gasteiger partial charge in [0, 0.05) is 7.05 Å². The van der Waals surface area contributed by atoms with E-state index in [9.17, 15) is 22.8 Å². The van der Waals surface area contributed by atoms with Crippen LogP contribution in [0, 0.1) is 6.57 Å². The number of halogens is 3. The second kappa shape index (κ2) is 8.96. The first kappa shape index (κ1) is 23.8. The first-order valence-corrected chi connectivity index (χ1v) is 9.66. The first-order valence-electron chi connectivity index (χ1n) is 9.66. The van der Waals surface area contributed by atoms with Gasteiger partial charge in [-0.3, -0.25) is 4.79 Å². The molecule has 1 heterocycles. The number of anilines is 1. The van der Waals surface area contributed by atoms with E-state index in [-0.39, 0.29) is 18.9 Å². The molecule has 0 aromatic heterocycles. The lowest BCUT2D eigenvalue weighted by Crippen LogP contribution is -2.49. The van der Waals surface area contributed by atoms with E-state index in [1.807, 2.05) is 0 Å². The molecule has 0 radical (unpaired) electrons. The Bertz CT molecular complexity index is 1130. The standard InChI is InChI=1S/C23H20F3N3O4/c1-5-12-33-14-22(15-6-9-17(32-4)10-7-15)20(30)29(21(31)28(22)3)16-8-11-19(27-2)18(13-16)23(24,25)26/h5-11,13H,1,12,14H2,3-4H3. The number of hydrogen-bond acceptors (Lipinski definition) is 4. The van der Waals surface area contributed by atoms with Gasteiger partial charge in [0.1, 0.15) is 5.75 Å². The quantitative estimate of drug-likeness (QED) is 0.259. The second-order valence-corrected chi connectivity index (χ2v) is 7.19. The summed E-state index contributed by atoms with van der Waals surface area (Å²) in [5, 5.41) is 0. The zero-order valence-electron chi connectivity index (χ0n) is 17.8. The fraction of sp³-hybridized carbons (Fsp3) is 0.261. The molecule has 0 bridgehead atoms. The Hall–Kier alpha value is -3.84. The summed E-state index contributed by atoms with van der Waals surface area (Å²) in [4.78, 5) is 31.6. The third-order valence-corrected chi connectivity index (χ3v) is 5.39. The summed E-state index contributed by atoms with van der Waals surface area (Å²) in [5.41, 5.74) is -3.40. The fourth-order valence-corrected chi connectivity index (χ4v) is 3.66. The maximum atomic E-state index is 13.7. The first-order chi connectivity index (χ1) is 15.6. The van der Waals surface area contributed by atoms with Crippen LogP contribution in [0.3, 0.4) is 0 Å². The van der Waals surface area contributed by atoms with Crippen molar-refractivity contribution in [2.45, 2.75) is 11.7 Å². The average Bonchev–Trinajstić information content (AvgIpc) is 2.99. The van der Waals surface area contributed by atoms with Crippen molar-refractivity contribution in [2.75, 3.05) is 32.3 Å². The fourth-order valence-electron chi connectivity index (χ4n) is 3.66. The van der Waals surface area contributed by atoms with E-state index in [1.165, 1.54) is 20.2 Å². The average molecular weight is 459 g/mol. The maximum absolute atomic E-state index is 13.7. The number of benzene rings is 2. The van der Waals surface area contributed by atoms with Gasteiger partial charge in [-0.25, -0.2) is 14.5 Å². The Balaban J connectivity index is 2.15. The van der Waals surface area contributed by atoms with Crippen molar-refractivity contribution in [3.63, 3.8) is 0 Å². The van der Waals surface area contributed by atoms with Crippen molar-refractivity contribution in [3.05, 3.63) is 77.7 Å². The van der Waals surface area contributed by atoms with Crippen LogP contribution in [-0.2, 0) is 21.2 Å². The van der Waals surface area contributed by atoms with Crippen LogP contribution in [-0.4, -0.2) is 44.2 Å². The largest absolute Gasteiger partial charge is 0.497 e. The number of likely N-dealkylation sites (N-methyl/N-ethyl adjacent to an activating group) is 1. The van der Waals surface area contributed by atoms with Crippen molar-refractivity contribution >= 4 is 23.3 Å². The summed E-state index contributed by atoms with van der Waals surface area (Å²) in [6.45, 7) is 10.4. The minimum atomic E-state index is -4.84. The van der Waals surface area contributed by atoms with E-state index in [0.717, 1.165) is 17.0 Å². The summed E-state index contributed by atoms with van der Waals surface area (Å²) in [6, 6.07) is 8.26. The van der Waals surface area contributed by atoms with Crippen LogP contribution in [0.15, 0.2) is 55.1 Å². The monoisotopic (exact) mass is 459 g/mol. The summed E-state index contributed by atoms with van der Waals surface area (Å²) < 4.78 is 51.2. The highest BCUT2D eigenvalue weighted by molar-refractivity contribution is 6.23. The molecule has 1 aliphatic heterocycles. The van der Waals surface area contributed by atoms with Crippen LogP contribution in [0.4, 0.5) is 29.3 Å². The molecule has 3 amide bonds. The van der Waals surface area contributed by atoms with E-state index in [1.54, 1.807) is 24.3 Å². The van der Waals surface area contributed by atoms with Gasteiger partial charge in [-0.15, -0.1) is 6.58 Å². The number of carbonyl (C=O) groups is 2. The lowest BCUT2D eigenvalue weighted by molar-refractivity contribution is -0.137. The minimum absolute atomic E-state index is 0.0884. The Morgan fingerprint density at radius 1 is 1.18 bits per heavy atom. The molecule has 0 saturated carbocycles. The number of carbonyl (C=O) groups excluding carboxylic acids is 2. The molecule has 1 fully saturated rings. The van der Waals surface area contributed by atoms with Crippen LogP contribution in [0.1, 0.15) is 11.1 Å². The highest BCUT2D eigenvalue weighted by atomic mass is 19.4. The highest BCUT2D eigenvalue weighted by Gasteiger charge is 2.58. The Kier molecular flexibility index (Phi) is 6.46. The molecular weight excluding hydrogens is 439 g/mol. The Morgan fingerprint density at radius 2 is 1.85 bits per heavy atom. The van der Waals surface area contributed by atoms with Gasteiger partial charge in [0.2, 0.25) is 0 Å². The lowest BCUT2D eigenvalue weighted by Gasteiger charge is -2.32. The molecule has 172 valence electrons. The van der Waals surface area contributed by atoms with Crippen LogP contribution < -0.4 is 9.64 Å². The zero-order chi connectivity index (χ0) is 24.4. The predicted molar refractivity (Wildman–Crippen MR) is 114 cm³/mol. The SMILES string of the molecule is [C-]#[N+]c1ccc(N2C(=O)N(C)C(COCC=C)(c3ccc(OC)cc3)C2=O)cc1C(F)(F)F. The molecule has 1 atom stereocenters. The van der Waals surface area contributed by atoms with E-state index < -0.39 is 34.9 Å². The summed E-state index contributed by atoms with van der Waals surface area (Å²) in [5.74, 6) is -0.269. The number of rotatable bonds is 7. The van der Waals surface area contributed by atoms with Gasteiger partial charge in [-0.1, -0.05) is 24.3 Å². The summed E-state index contributed by atoms with van der Waals surface area (Å²) in [6.07, 6.45) is -3.37. The van der Waals surface area contributed by atoms with Gasteiger partial charge in [-0.2, -0.15) is 13.2 Å². The minimum Gasteiger partial charge on any atom is -0.497 e. The van der Waals surface area contributed by atoms with Crippen molar-refractivity contribution < 1.29 is 32.2 Å². The van der Waals surface area contributed by atoms with Crippen LogP contribution in [0.5, 0.6) is 5.75 Å². The van der Waals surface area contributed by atoms with Gasteiger partial charge in [0.25, 0.3) is 5.91 Å². The third kappa shape index (κ3) is 4.03. The van der Waals surface area contributed by atoms with Crippen molar-refractivity contribution in [2.24, 2.45) is 0 Å². The van der Waals surface area contributed by atoms with Crippen LogP contribution in [0.25, 0.3) is 4.85 Å². The Labute approximate surface area is 188 Å². The van der Waals surface area contributed by atoms with Gasteiger partial charge in [0.15, 0.2) is 11.2 Å².